The summed E-state index contributed by atoms with van der Waals surface area (Å²) in [5, 5.41) is 0.729. The van der Waals surface area contributed by atoms with Crippen molar-refractivity contribution in [3.8, 4) is 0 Å². The number of benzene rings is 1. The smallest absolute Gasteiger partial charge is 0.287 e. The van der Waals surface area contributed by atoms with Gasteiger partial charge >= 0.3 is 0 Å². The van der Waals surface area contributed by atoms with Crippen LogP contribution in [0.5, 0.6) is 0 Å². The second-order valence-electron chi connectivity index (χ2n) is 4.06. The zero-order chi connectivity index (χ0) is 17.5. The lowest BCUT2D eigenvalue weighted by Crippen LogP contribution is -2.11. The summed E-state index contributed by atoms with van der Waals surface area (Å²) in [6.45, 7) is 0. The number of halogens is 2. The maximum Gasteiger partial charge on any atom is 0.287 e. The van der Waals surface area contributed by atoms with Gasteiger partial charge in [-0.3, -0.25) is 14.3 Å². The minimum absolute atomic E-state index is 0.0394. The Labute approximate surface area is 137 Å². The predicted molar refractivity (Wildman–Crippen MR) is 84.7 cm³/mol. The average molecular weight is 359 g/mol. The molecule has 23 heavy (non-hydrogen) atoms. The third-order valence-corrected chi connectivity index (χ3v) is 3.09. The van der Waals surface area contributed by atoms with Crippen LogP contribution in [-0.4, -0.2) is 23.9 Å². The fraction of sp³-hybridized carbons (Fsp3) is 0. The average Bonchev–Trinajstić information content (AvgIpc) is 2.46. The topological polar surface area (TPSA) is 110 Å². The first-order valence-electron chi connectivity index (χ1n) is 6.00. The van der Waals surface area contributed by atoms with Crippen molar-refractivity contribution in [2.75, 3.05) is 0 Å². The van der Waals surface area contributed by atoms with Gasteiger partial charge in [0.05, 0.1) is 21.7 Å². The van der Waals surface area contributed by atoms with E-state index in [1.165, 1.54) is 18.3 Å². The van der Waals surface area contributed by atoms with Crippen molar-refractivity contribution >= 4 is 33.7 Å². The van der Waals surface area contributed by atoms with E-state index in [2.05, 4.69) is 4.98 Å². The Hall–Kier alpha value is -2.29. The standard InChI is InChI=1S/C7H5ClFNO.C7H7NO3S/c8-6-3-4(9)1-2-5(6)7(10)11;9-12(10,11)6-4-7-3-1-2-5-8-7/h1-3H,(H2,10,11);1-6H,(H,9,10,11)/b;6-4+. The Kier molecular flexibility index (Phi) is 6.83. The lowest BCUT2D eigenvalue weighted by Gasteiger charge is -1.97. The number of aromatic nitrogens is 1. The number of carbonyl (C=O) groups is 1. The van der Waals surface area contributed by atoms with Crippen LogP contribution >= 0.6 is 11.6 Å². The van der Waals surface area contributed by atoms with Crippen LogP contribution in [0.4, 0.5) is 4.39 Å². The monoisotopic (exact) mass is 358 g/mol. The molecule has 0 atom stereocenters. The molecule has 1 heterocycles. The summed E-state index contributed by atoms with van der Waals surface area (Å²) in [6, 6.07) is 8.48. The van der Waals surface area contributed by atoms with E-state index in [9.17, 15) is 17.6 Å². The molecule has 1 amide bonds. The fourth-order valence-electron chi connectivity index (χ4n) is 1.32. The van der Waals surface area contributed by atoms with Crippen LogP contribution in [0.2, 0.25) is 5.02 Å². The molecule has 0 spiro atoms. The summed E-state index contributed by atoms with van der Waals surface area (Å²) in [5.74, 6) is -1.14. The van der Waals surface area contributed by atoms with Gasteiger partial charge in [0.15, 0.2) is 0 Å². The maximum absolute atomic E-state index is 12.4. The summed E-state index contributed by atoms with van der Waals surface area (Å²) in [5.41, 5.74) is 5.53. The molecule has 0 bridgehead atoms. The van der Waals surface area contributed by atoms with Crippen molar-refractivity contribution in [2.24, 2.45) is 5.73 Å². The number of nitrogens with two attached hydrogens (primary N) is 1. The Morgan fingerprint density at radius 1 is 1.30 bits per heavy atom. The van der Waals surface area contributed by atoms with Gasteiger partial charge in [-0.1, -0.05) is 17.7 Å². The minimum atomic E-state index is -4.04. The Bertz CT molecular complexity index is 811. The summed E-state index contributed by atoms with van der Waals surface area (Å²) in [7, 11) is -4.04. The molecule has 0 aliphatic carbocycles. The third kappa shape index (κ3) is 7.50. The first-order valence-corrected chi connectivity index (χ1v) is 7.88. The van der Waals surface area contributed by atoms with Crippen LogP contribution in [0.15, 0.2) is 48.0 Å². The van der Waals surface area contributed by atoms with E-state index in [0.717, 1.165) is 12.1 Å². The molecule has 0 saturated heterocycles. The number of primary amides is 1. The van der Waals surface area contributed by atoms with Crippen LogP contribution in [0.1, 0.15) is 16.1 Å². The lowest BCUT2D eigenvalue weighted by molar-refractivity contribution is 0.100. The second-order valence-corrected chi connectivity index (χ2v) is 5.77. The molecule has 0 fully saturated rings. The number of amides is 1. The largest absolute Gasteiger partial charge is 0.366 e. The van der Waals surface area contributed by atoms with Gasteiger partial charge in [0.1, 0.15) is 5.82 Å². The highest BCUT2D eigenvalue weighted by atomic mass is 35.5. The van der Waals surface area contributed by atoms with Gasteiger partial charge in [0.25, 0.3) is 10.1 Å². The van der Waals surface area contributed by atoms with Crippen LogP contribution in [-0.2, 0) is 10.1 Å². The first-order chi connectivity index (χ1) is 10.7. The Morgan fingerprint density at radius 3 is 2.48 bits per heavy atom. The molecule has 122 valence electrons. The van der Waals surface area contributed by atoms with E-state index in [0.29, 0.717) is 11.1 Å². The second kappa shape index (κ2) is 8.37. The SMILES string of the molecule is NC(=O)c1ccc(F)cc1Cl.O=S(=O)(O)/C=C/c1ccccn1. The Balaban J connectivity index is 0.000000231. The summed E-state index contributed by atoms with van der Waals surface area (Å²) in [4.78, 5) is 14.4. The maximum atomic E-state index is 12.4. The number of hydrogen-bond acceptors (Lipinski definition) is 4. The molecule has 2 rings (SSSR count). The lowest BCUT2D eigenvalue weighted by atomic mass is 10.2. The van der Waals surface area contributed by atoms with Crippen molar-refractivity contribution < 1.29 is 22.2 Å². The number of carbonyl (C=O) groups excluding carboxylic acids is 1. The zero-order valence-corrected chi connectivity index (χ0v) is 13.1. The number of rotatable bonds is 3. The van der Waals surface area contributed by atoms with Gasteiger partial charge in [0.2, 0.25) is 5.91 Å². The van der Waals surface area contributed by atoms with Gasteiger partial charge in [-0.15, -0.1) is 0 Å². The van der Waals surface area contributed by atoms with Gasteiger partial charge < -0.3 is 5.73 Å². The van der Waals surface area contributed by atoms with E-state index in [1.807, 2.05) is 0 Å². The summed E-state index contributed by atoms with van der Waals surface area (Å²) < 4.78 is 41.2. The first kappa shape index (κ1) is 18.8. The van der Waals surface area contributed by atoms with Gasteiger partial charge in [-0.2, -0.15) is 8.42 Å². The quantitative estimate of drug-likeness (QED) is 0.819. The molecule has 9 heteroatoms. The highest BCUT2D eigenvalue weighted by molar-refractivity contribution is 7.88. The van der Waals surface area contributed by atoms with Crippen molar-refractivity contribution in [3.05, 3.63) is 70.1 Å². The number of hydrogen-bond donors (Lipinski definition) is 2. The fourth-order valence-corrected chi connectivity index (χ4v) is 1.89. The molecule has 3 N–H and O–H groups in total. The van der Waals surface area contributed by atoms with E-state index >= 15 is 0 Å². The van der Waals surface area contributed by atoms with Crippen LogP contribution in [0.25, 0.3) is 6.08 Å². The highest BCUT2D eigenvalue weighted by Gasteiger charge is 2.05. The molecule has 0 radical (unpaired) electrons. The molecular weight excluding hydrogens is 347 g/mol. The third-order valence-electron chi connectivity index (χ3n) is 2.30. The normalized spacial score (nSPS) is 10.9. The van der Waals surface area contributed by atoms with Gasteiger partial charge in [0, 0.05) is 6.20 Å². The molecule has 0 saturated carbocycles. The highest BCUT2D eigenvalue weighted by Crippen LogP contribution is 2.15. The van der Waals surface area contributed by atoms with Gasteiger partial charge in [-0.05, 0) is 36.4 Å². The van der Waals surface area contributed by atoms with Crippen LogP contribution < -0.4 is 5.73 Å². The minimum Gasteiger partial charge on any atom is -0.366 e. The molecule has 1 aromatic heterocycles. The molecule has 0 aliphatic heterocycles. The molecule has 0 aliphatic rings. The van der Waals surface area contributed by atoms with E-state index in [1.54, 1.807) is 18.2 Å². The summed E-state index contributed by atoms with van der Waals surface area (Å²) in [6.07, 6.45) is 2.75. The number of nitrogens with zero attached hydrogens (tertiary/aromatic N) is 1. The van der Waals surface area contributed by atoms with Crippen molar-refractivity contribution in [3.63, 3.8) is 0 Å². The van der Waals surface area contributed by atoms with E-state index in [4.69, 9.17) is 21.9 Å². The zero-order valence-electron chi connectivity index (χ0n) is 11.6. The molecule has 6 nitrogen and oxygen atoms in total. The molecule has 1 aromatic carbocycles. The van der Waals surface area contributed by atoms with Crippen LogP contribution in [0, 0.1) is 5.82 Å². The van der Waals surface area contributed by atoms with Crippen molar-refractivity contribution in [1.82, 2.24) is 4.98 Å². The predicted octanol–water partition coefficient (Wildman–Crippen LogP) is 2.52. The molecule has 0 unspecified atom stereocenters. The molecule has 2 aromatic rings. The number of pyridine rings is 1. The van der Waals surface area contributed by atoms with Crippen LogP contribution in [0.3, 0.4) is 0 Å². The van der Waals surface area contributed by atoms with Crippen molar-refractivity contribution in [2.45, 2.75) is 0 Å². The Morgan fingerprint density at radius 2 is 2.00 bits per heavy atom. The molecular formula is C14H12ClFN2O4S. The summed E-state index contributed by atoms with van der Waals surface area (Å²) >= 11 is 5.48. The van der Waals surface area contributed by atoms with Gasteiger partial charge in [-0.25, -0.2) is 4.39 Å². The van der Waals surface area contributed by atoms with Crippen molar-refractivity contribution in [1.29, 1.82) is 0 Å². The van der Waals surface area contributed by atoms with E-state index < -0.39 is 21.8 Å². The van der Waals surface area contributed by atoms with E-state index in [-0.39, 0.29) is 10.6 Å².